The van der Waals surface area contributed by atoms with Crippen molar-refractivity contribution in [2.24, 2.45) is 34.0 Å². The highest BCUT2D eigenvalue weighted by Gasteiger charge is 2.70. The summed E-state index contributed by atoms with van der Waals surface area (Å²) in [6, 6.07) is -0.929. The first-order valence-electron chi connectivity index (χ1n) is 17.6. The van der Waals surface area contributed by atoms with Gasteiger partial charge in [0, 0.05) is 32.7 Å². The number of fused-ring (bicyclic) bond motifs is 1. The third kappa shape index (κ3) is 9.39. The molecular weight excluding hydrogens is 693 g/mol. The number of urea groups is 1. The van der Waals surface area contributed by atoms with E-state index >= 15 is 0 Å². The number of ketones is 1. The zero-order valence-electron chi connectivity index (χ0n) is 31.4. The van der Waals surface area contributed by atoms with Crippen LogP contribution in [0, 0.1) is 34.0 Å². The quantitative estimate of drug-likeness (QED) is 0.158. The van der Waals surface area contributed by atoms with Gasteiger partial charge in [-0.25, -0.2) is 13.2 Å². The van der Waals surface area contributed by atoms with Crippen LogP contribution in [0.1, 0.15) is 74.7 Å². The summed E-state index contributed by atoms with van der Waals surface area (Å²) in [5, 5.41) is 12.8. The average Bonchev–Trinajstić information content (AvgIpc) is 3.73. The summed E-state index contributed by atoms with van der Waals surface area (Å²) in [6.45, 7) is 19.6. The van der Waals surface area contributed by atoms with E-state index in [0.29, 0.717) is 25.8 Å². The van der Waals surface area contributed by atoms with Crippen LogP contribution in [0.15, 0.2) is 34.4 Å². The number of nitrogens with one attached hydrogen (secondary N) is 4. The van der Waals surface area contributed by atoms with Gasteiger partial charge in [-0.1, -0.05) is 67.5 Å². The molecule has 6 atom stereocenters. The summed E-state index contributed by atoms with van der Waals surface area (Å²) in [7, 11) is -2.29. The third-order valence-electron chi connectivity index (χ3n) is 10.3. The van der Waals surface area contributed by atoms with Gasteiger partial charge in [0.25, 0.3) is 15.9 Å². The highest BCUT2D eigenvalue weighted by Crippen LogP contribution is 2.65. The number of hydrogen-bond donors (Lipinski definition) is 4. The van der Waals surface area contributed by atoms with E-state index in [1.165, 1.54) is 28.4 Å². The van der Waals surface area contributed by atoms with Crippen LogP contribution in [0.5, 0.6) is 0 Å². The van der Waals surface area contributed by atoms with Gasteiger partial charge in [-0.15, -0.1) is 17.9 Å². The van der Waals surface area contributed by atoms with Crippen LogP contribution in [0.25, 0.3) is 0 Å². The van der Waals surface area contributed by atoms with E-state index in [9.17, 15) is 32.4 Å². The summed E-state index contributed by atoms with van der Waals surface area (Å²) in [6.07, 6.45) is 3.33. The molecule has 0 spiro atoms. The number of carbonyl (C=O) groups is 5. The Bertz CT molecular complexity index is 1610. The molecule has 284 valence electrons. The molecule has 0 aromatic carbocycles. The maximum Gasteiger partial charge on any atom is 0.315 e. The van der Waals surface area contributed by atoms with E-state index in [0.717, 1.165) is 11.3 Å². The van der Waals surface area contributed by atoms with Crippen molar-refractivity contribution in [3.8, 4) is 0 Å². The SMILES string of the molecule is C=CCNC(=O)C(=O)C(NC(=O)[C@@H]1[C@@H]2[C@H](CN1C(=O)[C@@H](NC(=O)N[C@H](CN(C)S(=O)(=O)c1cccs1)CC(C)(C)C)C(C)(C)C)C2(C)C)C1CC1. The van der Waals surface area contributed by atoms with Gasteiger partial charge in [0.15, 0.2) is 0 Å². The molecule has 13 nitrogen and oxygen atoms in total. The van der Waals surface area contributed by atoms with Crippen molar-refractivity contribution >= 4 is 50.9 Å². The van der Waals surface area contributed by atoms with Crippen molar-refractivity contribution in [1.29, 1.82) is 0 Å². The fourth-order valence-corrected chi connectivity index (χ4v) is 9.73. The Labute approximate surface area is 306 Å². The van der Waals surface area contributed by atoms with E-state index in [-0.39, 0.29) is 45.9 Å². The Morgan fingerprint density at radius 3 is 2.25 bits per heavy atom. The van der Waals surface area contributed by atoms with Crippen molar-refractivity contribution in [2.75, 3.05) is 26.7 Å². The Balaban J connectivity index is 1.52. The molecule has 1 saturated heterocycles. The van der Waals surface area contributed by atoms with E-state index < -0.39 is 69.1 Å². The number of thiophene rings is 1. The molecular formula is C36H56N6O7S2. The summed E-state index contributed by atoms with van der Waals surface area (Å²) in [5.74, 6) is -2.69. The number of likely N-dealkylation sites (N-methyl/N-ethyl adjacent to an activating group) is 1. The minimum Gasteiger partial charge on any atom is -0.346 e. The number of amides is 5. The molecule has 2 aliphatic carbocycles. The van der Waals surface area contributed by atoms with Crippen LogP contribution >= 0.6 is 11.3 Å². The molecule has 0 bridgehead atoms. The second-order valence-corrected chi connectivity index (χ2v) is 20.4. The topological polar surface area (TPSA) is 174 Å². The van der Waals surface area contributed by atoms with Gasteiger partial charge in [0.05, 0.1) is 0 Å². The zero-order chi connectivity index (χ0) is 38.3. The molecule has 2 heterocycles. The maximum absolute atomic E-state index is 14.4. The Kier molecular flexibility index (Phi) is 11.9. The number of carbonyl (C=O) groups excluding carboxylic acids is 5. The van der Waals surface area contributed by atoms with Crippen LogP contribution in [-0.4, -0.2) is 98.0 Å². The van der Waals surface area contributed by atoms with Crippen LogP contribution in [-0.2, 0) is 29.2 Å². The van der Waals surface area contributed by atoms with E-state index in [4.69, 9.17) is 0 Å². The summed E-state index contributed by atoms with van der Waals surface area (Å²) in [4.78, 5) is 69.3. The maximum atomic E-state index is 14.4. The van der Waals surface area contributed by atoms with Gasteiger partial charge in [0.2, 0.25) is 17.6 Å². The highest BCUT2D eigenvalue weighted by molar-refractivity contribution is 7.91. The van der Waals surface area contributed by atoms with Crippen LogP contribution < -0.4 is 21.3 Å². The van der Waals surface area contributed by atoms with Crippen LogP contribution in [0.4, 0.5) is 4.79 Å². The second-order valence-electron chi connectivity index (χ2n) is 17.2. The molecule has 4 rings (SSSR count). The average molecular weight is 749 g/mol. The Hall–Kier alpha value is -3.30. The van der Waals surface area contributed by atoms with Gasteiger partial charge >= 0.3 is 6.03 Å². The molecule has 1 aliphatic heterocycles. The first kappa shape index (κ1) is 40.5. The van der Waals surface area contributed by atoms with E-state index in [2.05, 4.69) is 41.7 Å². The summed E-state index contributed by atoms with van der Waals surface area (Å²) < 4.78 is 27.8. The lowest BCUT2D eigenvalue weighted by Crippen LogP contribution is -2.62. The lowest BCUT2D eigenvalue weighted by molar-refractivity contribution is -0.145. The third-order valence-corrected chi connectivity index (χ3v) is 13.5. The molecule has 1 aromatic heterocycles. The molecule has 1 unspecified atom stereocenters. The van der Waals surface area contributed by atoms with Crippen molar-refractivity contribution in [2.45, 2.75) is 103 Å². The molecule has 1 aromatic rings. The lowest BCUT2D eigenvalue weighted by atomic mass is 9.85. The molecule has 3 fully saturated rings. The first-order chi connectivity index (χ1) is 23.5. The number of rotatable bonds is 15. The van der Waals surface area contributed by atoms with Crippen molar-refractivity contribution < 1.29 is 32.4 Å². The lowest BCUT2D eigenvalue weighted by Gasteiger charge is -2.38. The molecule has 4 N–H and O–H groups in total. The Morgan fingerprint density at radius 1 is 1.08 bits per heavy atom. The first-order valence-corrected chi connectivity index (χ1v) is 19.9. The summed E-state index contributed by atoms with van der Waals surface area (Å²) in [5.41, 5.74) is -1.25. The van der Waals surface area contributed by atoms with E-state index in [1.807, 2.05) is 41.5 Å². The molecule has 0 radical (unpaired) electrons. The number of likely N-dealkylation sites (tertiary alicyclic amines) is 1. The molecule has 3 aliphatic rings. The number of nitrogens with zero attached hydrogens (tertiary/aromatic N) is 2. The summed E-state index contributed by atoms with van der Waals surface area (Å²) >= 11 is 1.12. The Morgan fingerprint density at radius 2 is 1.73 bits per heavy atom. The number of piperidine rings is 1. The number of Topliss-reactive ketones (excluding diaryl/α,β-unsaturated/α-hetero) is 1. The largest absolute Gasteiger partial charge is 0.346 e. The van der Waals surface area contributed by atoms with Gasteiger partial charge in [-0.3, -0.25) is 19.2 Å². The molecule has 5 amide bonds. The second kappa shape index (κ2) is 15.0. The normalized spacial score (nSPS) is 23.0. The van der Waals surface area contributed by atoms with Crippen molar-refractivity contribution in [3.05, 3.63) is 30.2 Å². The van der Waals surface area contributed by atoms with Gasteiger partial charge < -0.3 is 26.2 Å². The minimum absolute atomic E-state index is 0.0123. The fourth-order valence-electron chi connectivity index (χ4n) is 7.32. The van der Waals surface area contributed by atoms with Crippen molar-refractivity contribution in [3.63, 3.8) is 0 Å². The minimum atomic E-state index is -3.77. The highest BCUT2D eigenvalue weighted by atomic mass is 32.2. The smallest absolute Gasteiger partial charge is 0.315 e. The predicted octanol–water partition coefficient (Wildman–Crippen LogP) is 3.14. The molecule has 51 heavy (non-hydrogen) atoms. The fraction of sp³-hybridized carbons (Fsp3) is 0.694. The predicted molar refractivity (Wildman–Crippen MR) is 196 cm³/mol. The zero-order valence-corrected chi connectivity index (χ0v) is 33.0. The monoisotopic (exact) mass is 748 g/mol. The van der Waals surface area contributed by atoms with Crippen molar-refractivity contribution in [1.82, 2.24) is 30.5 Å². The van der Waals surface area contributed by atoms with Gasteiger partial charge in [-0.05, 0) is 64.7 Å². The standard InChI is InChI=1S/C36H56N6O7S2/c1-11-16-37-31(45)28(43)26(21-14-15-21)39-30(44)27-25-23(36(25,8)9)20-42(27)32(46)29(35(5,6)7)40-33(47)38-22(18-34(2,3)4)19-41(10)51(48,49)24-13-12-17-50-24/h11-13,17,21-23,25-27,29H,1,14-16,18-20H2,2-10H3,(H,37,45)(H,39,44)(H2,38,40,47)/t22-,23-,25-,26?,27-,29+/m0/s1. The number of sulfonamides is 1. The molecule has 15 heteroatoms. The number of hydrogen-bond acceptors (Lipinski definition) is 8. The van der Waals surface area contributed by atoms with Crippen LogP contribution in [0.2, 0.25) is 0 Å². The molecule has 2 saturated carbocycles. The van der Waals surface area contributed by atoms with Gasteiger partial charge in [0.1, 0.15) is 22.3 Å². The van der Waals surface area contributed by atoms with Gasteiger partial charge in [-0.2, -0.15) is 4.31 Å². The van der Waals surface area contributed by atoms with Crippen LogP contribution in [0.3, 0.4) is 0 Å². The van der Waals surface area contributed by atoms with E-state index in [1.54, 1.807) is 11.4 Å².